The zero-order valence-corrected chi connectivity index (χ0v) is 93.9. The summed E-state index contributed by atoms with van der Waals surface area (Å²) in [6.45, 7) is 13.3. The Hall–Kier alpha value is -13.9. The number of fused-ring (bicyclic) bond motifs is 2. The van der Waals surface area contributed by atoms with Gasteiger partial charge in [0.1, 0.15) is 0 Å². The monoisotopic (exact) mass is 2700 g/mol. The molecular weight excluding hydrogens is 2580 g/mol. The van der Waals surface area contributed by atoms with Gasteiger partial charge >= 0.3 is 0 Å². The van der Waals surface area contributed by atoms with E-state index in [4.69, 9.17) is 40.9 Å². The van der Waals surface area contributed by atoms with Gasteiger partial charge < -0.3 is 59.1 Å². The Morgan fingerprint density at radius 2 is 0.440 bits per heavy atom. The number of aliphatic hydroxyl groups is 8. The van der Waals surface area contributed by atoms with E-state index in [0.29, 0.717) is 25.7 Å². The second-order valence-electron chi connectivity index (χ2n) is 35.5. The molecule has 0 bridgehead atoms. The van der Waals surface area contributed by atoms with Crippen molar-refractivity contribution in [2.75, 3.05) is 0 Å². The van der Waals surface area contributed by atoms with Crippen LogP contribution in [-0.2, 0) is 80.4 Å². The third kappa shape index (κ3) is 33.8. The Kier molecular flexibility index (Phi) is 47.7. The molecule has 150 heavy (non-hydrogen) atoms. The molecule has 0 aliphatic carbocycles. The zero-order valence-electron chi connectivity index (χ0n) is 84.3. The molecule has 21 aromatic rings. The van der Waals surface area contributed by atoms with Crippen LogP contribution in [0, 0.1) is 24.3 Å². The number of nitrogens with zero attached hydrogens (tertiary/aromatic N) is 12. The van der Waals surface area contributed by atoms with Gasteiger partial charge in [0, 0.05) is 131 Å². The smallest absolute Gasteiger partial charge is 0.159 e. The van der Waals surface area contributed by atoms with E-state index in [1.165, 1.54) is 44.0 Å². The number of hydrogen-bond acceptors (Lipinski definition) is 16. The predicted molar refractivity (Wildman–Crippen MR) is 588 cm³/mol. The second kappa shape index (κ2) is 60.7. The molecule has 0 aliphatic heterocycles. The summed E-state index contributed by atoms with van der Waals surface area (Å²) >= 11 is 0. The summed E-state index contributed by atoms with van der Waals surface area (Å²) in [5.41, 5.74) is 18.9. The van der Waals surface area contributed by atoms with Gasteiger partial charge in [-0.2, -0.15) is 20.4 Å². The van der Waals surface area contributed by atoms with Crippen molar-refractivity contribution in [3.63, 3.8) is 0 Å². The van der Waals surface area contributed by atoms with Crippen LogP contribution in [0.15, 0.2) is 437 Å². The van der Waals surface area contributed by atoms with Crippen LogP contribution in [0.4, 0.5) is 0 Å². The van der Waals surface area contributed by atoms with Crippen molar-refractivity contribution in [3.05, 3.63) is 461 Å². The Bertz CT molecular complexity index is 7100. The van der Waals surface area contributed by atoms with Crippen LogP contribution in [0.2, 0.25) is 0 Å². The van der Waals surface area contributed by atoms with Crippen molar-refractivity contribution >= 4 is 21.5 Å². The quantitative estimate of drug-likeness (QED) is 0.0276. The molecule has 24 heteroatoms. The summed E-state index contributed by atoms with van der Waals surface area (Å²) in [5, 5.41) is 110. The molecule has 21 rings (SSSR count). The zero-order chi connectivity index (χ0) is 102. The van der Waals surface area contributed by atoms with Crippen LogP contribution in [0.3, 0.4) is 0 Å². The molecule has 0 saturated heterocycles. The van der Waals surface area contributed by atoms with Gasteiger partial charge in [-0.3, -0.25) is 0 Å². The summed E-state index contributed by atoms with van der Waals surface area (Å²) < 4.78 is 8.43. The van der Waals surface area contributed by atoms with E-state index in [0.717, 1.165) is 125 Å². The maximum absolute atomic E-state index is 8.56. The number of rotatable bonds is 23. The van der Waals surface area contributed by atoms with E-state index < -0.39 is 0 Å². The van der Waals surface area contributed by atoms with Crippen LogP contribution in [0.5, 0.6) is 0 Å². The molecule has 4 heterocycles. The minimum atomic E-state index is -0.375. The average molecular weight is 2700 g/mol. The fourth-order valence-electron chi connectivity index (χ4n) is 16.4. The first-order chi connectivity index (χ1) is 71.1. The summed E-state index contributed by atoms with van der Waals surface area (Å²) in [6, 6.07) is 161. The number of para-hydroxylation sites is 1. The van der Waals surface area contributed by atoms with Crippen molar-refractivity contribution in [2.24, 2.45) is 0 Å². The first-order valence-corrected chi connectivity index (χ1v) is 48.8. The molecular formula is C126H120Ir4N12O8-4. The van der Waals surface area contributed by atoms with E-state index in [2.05, 4.69) is 338 Å². The molecule has 8 atom stereocenters. The van der Waals surface area contributed by atoms with Gasteiger partial charge in [0.2, 0.25) is 0 Å². The third-order valence-corrected chi connectivity index (χ3v) is 23.0. The van der Waals surface area contributed by atoms with E-state index in [1.807, 2.05) is 182 Å². The Balaban J connectivity index is 0.000000187. The van der Waals surface area contributed by atoms with Gasteiger partial charge in [-0.25, -0.2) is 0 Å². The van der Waals surface area contributed by atoms with Crippen LogP contribution in [0.25, 0.3) is 169 Å². The van der Waals surface area contributed by atoms with E-state index >= 15 is 0 Å². The third-order valence-electron chi connectivity index (χ3n) is 23.0. The Morgan fingerprint density at radius 1 is 0.193 bits per heavy atom. The molecule has 8 N–H and O–H groups in total. The van der Waals surface area contributed by atoms with Crippen LogP contribution in [-0.4, -0.2) is 149 Å². The molecule has 8 unspecified atom stereocenters. The fraction of sp³-hybridized carbons (Fsp3) is 0.159. The molecule has 4 aromatic heterocycles. The van der Waals surface area contributed by atoms with Crippen LogP contribution in [0.1, 0.15) is 81.1 Å². The molecule has 17 aromatic carbocycles. The van der Waals surface area contributed by atoms with Crippen LogP contribution < -0.4 is 0 Å². The van der Waals surface area contributed by atoms with Gasteiger partial charge in [-0.05, 0) is 162 Å². The normalized spacial score (nSPS) is 12.1. The van der Waals surface area contributed by atoms with Crippen molar-refractivity contribution < 1.29 is 121 Å². The van der Waals surface area contributed by atoms with Gasteiger partial charge in [-0.15, -0.1) is 158 Å². The number of benzene rings is 17. The van der Waals surface area contributed by atoms with Crippen molar-refractivity contribution in [1.29, 1.82) is 0 Å². The number of aliphatic hydroxyl groups excluding tert-OH is 8. The van der Waals surface area contributed by atoms with Gasteiger partial charge in [0.05, 0.1) is 72.1 Å². The summed E-state index contributed by atoms with van der Waals surface area (Å²) in [7, 11) is 0. The van der Waals surface area contributed by atoms with Gasteiger partial charge in [0.15, 0.2) is 23.3 Å². The standard InChI is InChI=1S/C32H22N3.C26H18N3.2C24H16N3.4C5H12O2.4Ir/c1-4-10-24(11-5-1)26-16-20-28(21-17-26)31-33-34-32(35(31)30-14-8-3-9-15-30)29-22-18-27(19-23-29)25-12-6-2-7-13-25;1-4-10-20(11-5-1)21-16-18-24(19-17-21)29-25(22-12-6-2-7-13-22)27-28-26(29)23-14-8-3-9-15-23;1-3-11-19(12-4-1)23-25-26-24(20-13-5-2-6-14-20)27(23)22-17-9-15-18-10-7-8-16-21(18)22;1-3-10-19(11-4-1)23-25-26-24(20-12-5-2-6-13-20)27(23)22-16-15-18-9-7-8-14-21(18)17-22;4*1-4(6)3-5(2)7;;;;/h1-22H;1-14,16-19H;1-13,15-17H;1-12,14-17H;4*4-7H,3H2,1-2H3;;;;/q4*-1;;;;;;;;. The Morgan fingerprint density at radius 3 is 0.787 bits per heavy atom. The predicted octanol–water partition coefficient (Wildman–Crippen LogP) is 25.5. The second-order valence-corrected chi connectivity index (χ2v) is 35.5. The summed E-state index contributed by atoms with van der Waals surface area (Å²) in [4.78, 5) is 0. The molecule has 4 radical (unpaired) electrons. The number of hydrogen-bond donors (Lipinski definition) is 8. The number of aromatic nitrogens is 12. The summed E-state index contributed by atoms with van der Waals surface area (Å²) in [5.74, 6) is 6.35. The fourth-order valence-corrected chi connectivity index (χ4v) is 16.4. The molecule has 0 fully saturated rings. The largest absolute Gasteiger partial charge is 0.393 e. The first-order valence-electron chi connectivity index (χ1n) is 48.8. The van der Waals surface area contributed by atoms with E-state index in [-0.39, 0.29) is 129 Å². The van der Waals surface area contributed by atoms with E-state index in [9.17, 15) is 0 Å². The maximum atomic E-state index is 8.56. The molecule has 0 spiro atoms. The Labute approximate surface area is 932 Å². The van der Waals surface area contributed by atoms with Crippen molar-refractivity contribution in [1.82, 2.24) is 59.1 Å². The first kappa shape index (κ1) is 118. The van der Waals surface area contributed by atoms with Crippen molar-refractivity contribution in [2.45, 2.75) is 130 Å². The van der Waals surface area contributed by atoms with Crippen LogP contribution >= 0.6 is 0 Å². The van der Waals surface area contributed by atoms with Gasteiger partial charge in [-0.1, -0.05) is 314 Å². The average Bonchev–Trinajstić information content (AvgIpc) is 1.61. The molecule has 0 amide bonds. The SMILES string of the molecule is CC(O)CC(C)O.CC(O)CC(C)O.CC(O)CC(C)O.CC(O)CC(C)O.[Ir].[Ir].[Ir].[Ir].[c-]1cc(-c2ccccc2)ccc1-c1nnc(-c2ccc(-c3ccccc3)cc2)n1-c1ccccc1.[c-]1ccccc1-c1nnc(-c2ccccc2)n1-c1ccc(-c2ccccc2)cc1.[c-]1ccccc1-c1nnc(-c2ccccc2)n1-c1ccc2ccccc2c1.[c-]1ccccc1-c1nnc(-c2ccccc2)n1-c1cccc2ccccc12. The minimum absolute atomic E-state index is 0. The molecule has 0 aliphatic rings. The van der Waals surface area contributed by atoms with E-state index in [1.54, 1.807) is 55.4 Å². The minimum Gasteiger partial charge on any atom is -0.393 e. The topological polar surface area (TPSA) is 285 Å². The van der Waals surface area contributed by atoms with Crippen molar-refractivity contribution in [3.8, 4) is 147 Å². The van der Waals surface area contributed by atoms with Gasteiger partial charge in [0.25, 0.3) is 0 Å². The molecule has 0 saturated carbocycles. The molecule has 772 valence electrons. The molecule has 20 nitrogen and oxygen atoms in total. The maximum Gasteiger partial charge on any atom is 0.159 e. The summed E-state index contributed by atoms with van der Waals surface area (Å²) in [6.07, 6.45) is -1.11.